The van der Waals surface area contributed by atoms with Gasteiger partial charge in [0.05, 0.1) is 24.8 Å². The van der Waals surface area contributed by atoms with Gasteiger partial charge in [0.2, 0.25) is 5.79 Å². The summed E-state index contributed by atoms with van der Waals surface area (Å²) >= 11 is 0. The predicted octanol–water partition coefficient (Wildman–Crippen LogP) is 10.6. The normalized spacial score (nSPS) is 22.8. The van der Waals surface area contributed by atoms with Gasteiger partial charge in [-0.05, 0) is 80.2 Å². The van der Waals surface area contributed by atoms with E-state index in [2.05, 4.69) is 24.9 Å². The molecule has 2 aromatic rings. The van der Waals surface area contributed by atoms with Crippen LogP contribution in [0.5, 0.6) is 11.5 Å². The second-order valence-corrected chi connectivity index (χ2v) is 17.3. The molecular formula is C51H75N3O9. The van der Waals surface area contributed by atoms with Crippen LogP contribution in [0.4, 0.5) is 9.59 Å². The molecule has 2 amide bonds. The van der Waals surface area contributed by atoms with Crippen molar-refractivity contribution in [3.8, 4) is 11.5 Å². The van der Waals surface area contributed by atoms with E-state index in [1.807, 2.05) is 42.5 Å². The molecule has 12 heteroatoms. The Bertz CT molecular complexity index is 1770. The second-order valence-electron chi connectivity index (χ2n) is 17.3. The molecule has 0 aromatic heterocycles. The summed E-state index contributed by atoms with van der Waals surface area (Å²) in [5.74, 6) is -1.10. The maximum atomic E-state index is 13.7. The molecule has 1 heterocycles. The smallest absolute Gasteiger partial charge is 0.412 e. The number of rotatable bonds is 28. The van der Waals surface area contributed by atoms with Crippen molar-refractivity contribution in [2.75, 3.05) is 40.0 Å². The van der Waals surface area contributed by atoms with Crippen molar-refractivity contribution in [3.05, 3.63) is 84.0 Å². The first-order valence-electron chi connectivity index (χ1n) is 23.9. The van der Waals surface area contributed by atoms with Gasteiger partial charge in [-0.3, -0.25) is 0 Å². The lowest BCUT2D eigenvalue weighted by Gasteiger charge is -2.59. The number of hydrogen-bond donors (Lipinski definition) is 3. The molecule has 12 nitrogen and oxygen atoms in total. The Morgan fingerprint density at radius 1 is 0.921 bits per heavy atom. The molecular weight excluding hydrogens is 799 g/mol. The molecule has 0 radical (unpaired) electrons. The fraction of sp³-hybridized carbons (Fsp3) is 0.627. The third kappa shape index (κ3) is 13.6. The number of oxime groups is 1. The molecule has 3 N–H and O–H groups in total. The molecule has 2 aliphatic carbocycles. The fourth-order valence-corrected chi connectivity index (χ4v) is 9.85. The zero-order chi connectivity index (χ0) is 44.9. The molecule has 6 unspecified atom stereocenters. The van der Waals surface area contributed by atoms with E-state index in [1.54, 1.807) is 31.0 Å². The van der Waals surface area contributed by atoms with Crippen LogP contribution in [0.3, 0.4) is 0 Å². The van der Waals surface area contributed by atoms with Crippen molar-refractivity contribution in [2.45, 2.75) is 147 Å². The van der Waals surface area contributed by atoms with Crippen LogP contribution in [-0.2, 0) is 20.9 Å². The number of amides is 2. The Balaban J connectivity index is 1.51. The Labute approximate surface area is 376 Å². The molecule has 1 fully saturated rings. The number of nitrogens with zero attached hydrogens (tertiary/aromatic N) is 2. The lowest BCUT2D eigenvalue weighted by atomic mass is 9.55. The number of carbonyl (C=O) groups is 2. The van der Waals surface area contributed by atoms with Gasteiger partial charge in [0.15, 0.2) is 0 Å². The van der Waals surface area contributed by atoms with Crippen LogP contribution in [0.15, 0.2) is 78.0 Å². The van der Waals surface area contributed by atoms with E-state index < -0.39 is 29.9 Å². The first kappa shape index (κ1) is 49.6. The maximum Gasteiger partial charge on any atom is 0.412 e. The standard InChI is InChI=1S/C51H75N3O9/c1-5-8-9-10-11-12-13-14-15-21-30-52-49(57)62-40-28-29-45-43(35-40)47-41(27-20-23-32-56)39(26-19-22-31-55)34-42-44(53-61-37-38-24-17-16-18-25-38)36-46(54(4)50(58)59-7-3)51(63-45,48(42)47)60-33-6-2/h6,16-18,24-25,28-29,34-35,39,41,46-48,55-56H,2,5,7-15,19-23,26-27,30-33,36-37H2,1,3-4H3,(H,52,57). The molecule has 3 aliphatic rings. The minimum Gasteiger partial charge on any atom is -0.459 e. The maximum absolute atomic E-state index is 13.7. The summed E-state index contributed by atoms with van der Waals surface area (Å²) in [6.45, 7) is 9.32. The van der Waals surface area contributed by atoms with E-state index in [9.17, 15) is 19.8 Å². The van der Waals surface area contributed by atoms with Crippen LogP contribution in [0.2, 0.25) is 0 Å². The molecule has 0 bridgehead atoms. The van der Waals surface area contributed by atoms with E-state index in [-0.39, 0.29) is 57.2 Å². The highest BCUT2D eigenvalue weighted by molar-refractivity contribution is 6.03. The highest BCUT2D eigenvalue weighted by atomic mass is 16.7. The number of ether oxygens (including phenoxy) is 4. The van der Waals surface area contributed by atoms with Crippen LogP contribution in [0.25, 0.3) is 0 Å². The molecule has 348 valence electrons. The lowest BCUT2D eigenvalue weighted by Crippen LogP contribution is -2.69. The summed E-state index contributed by atoms with van der Waals surface area (Å²) in [6.07, 6.45) is 19.9. The summed E-state index contributed by atoms with van der Waals surface area (Å²) in [4.78, 5) is 34.6. The van der Waals surface area contributed by atoms with Gasteiger partial charge in [0, 0.05) is 44.7 Å². The van der Waals surface area contributed by atoms with Crippen LogP contribution in [0, 0.1) is 17.8 Å². The zero-order valence-corrected chi connectivity index (χ0v) is 38.3. The Hall–Kier alpha value is -4.39. The van der Waals surface area contributed by atoms with Gasteiger partial charge < -0.3 is 44.2 Å². The van der Waals surface area contributed by atoms with Gasteiger partial charge in [0.1, 0.15) is 24.1 Å². The first-order chi connectivity index (χ1) is 30.8. The number of benzene rings is 2. The molecule has 1 saturated carbocycles. The van der Waals surface area contributed by atoms with Crippen LogP contribution in [-0.4, -0.2) is 84.9 Å². The van der Waals surface area contributed by atoms with Crippen LogP contribution < -0.4 is 14.8 Å². The summed E-state index contributed by atoms with van der Waals surface area (Å²) in [5.41, 5.74) is 3.45. The van der Waals surface area contributed by atoms with Gasteiger partial charge in [0.25, 0.3) is 0 Å². The van der Waals surface area contributed by atoms with E-state index in [0.29, 0.717) is 36.6 Å². The third-order valence-corrected chi connectivity index (χ3v) is 12.9. The van der Waals surface area contributed by atoms with Crippen molar-refractivity contribution in [3.63, 3.8) is 0 Å². The monoisotopic (exact) mass is 874 g/mol. The molecule has 6 atom stereocenters. The lowest BCUT2D eigenvalue weighted by molar-refractivity contribution is -0.253. The Kier molecular flexibility index (Phi) is 20.8. The van der Waals surface area contributed by atoms with Crippen LogP contribution in [0.1, 0.15) is 140 Å². The number of fused-ring (bicyclic) bond motifs is 2. The minimum atomic E-state index is -1.41. The van der Waals surface area contributed by atoms with Gasteiger partial charge in [-0.1, -0.05) is 125 Å². The van der Waals surface area contributed by atoms with E-state index in [1.165, 1.54) is 44.9 Å². The average Bonchev–Trinajstić information content (AvgIpc) is 3.29. The molecule has 0 spiro atoms. The van der Waals surface area contributed by atoms with Crippen molar-refractivity contribution in [2.24, 2.45) is 22.9 Å². The van der Waals surface area contributed by atoms with Gasteiger partial charge in [-0.2, -0.15) is 0 Å². The molecule has 1 aliphatic heterocycles. The van der Waals surface area contributed by atoms with Gasteiger partial charge in [-0.15, -0.1) is 6.58 Å². The number of aliphatic hydroxyl groups is 2. The summed E-state index contributed by atoms with van der Waals surface area (Å²) in [7, 11) is 1.71. The fourth-order valence-electron chi connectivity index (χ4n) is 9.85. The SMILES string of the molecule is C=CCOC12Oc3ccc(OC(=O)NCCCCCCCCCCCC)cc3C3C(CCCCO)C(CCCCO)C=C(C(=NOCc4ccccc4)CC1N(C)C(=O)OCC)C32. The molecule has 5 rings (SSSR count). The summed E-state index contributed by atoms with van der Waals surface area (Å²) in [6, 6.07) is 14.7. The minimum absolute atomic E-state index is 0.0249. The third-order valence-electron chi connectivity index (χ3n) is 12.9. The van der Waals surface area contributed by atoms with E-state index >= 15 is 0 Å². The predicted molar refractivity (Wildman–Crippen MR) is 247 cm³/mol. The second kappa shape index (κ2) is 26.4. The Morgan fingerprint density at radius 2 is 1.62 bits per heavy atom. The Morgan fingerprint density at radius 3 is 2.30 bits per heavy atom. The number of unbranched alkanes of at least 4 members (excludes halogenated alkanes) is 11. The highest BCUT2D eigenvalue weighted by Crippen LogP contribution is 2.61. The number of carbonyl (C=O) groups excluding carboxylic acids is 2. The highest BCUT2D eigenvalue weighted by Gasteiger charge is 2.65. The van der Waals surface area contributed by atoms with Crippen molar-refractivity contribution >= 4 is 17.9 Å². The van der Waals surface area contributed by atoms with Gasteiger partial charge in [-0.25, -0.2) is 9.59 Å². The largest absolute Gasteiger partial charge is 0.459 e. The van der Waals surface area contributed by atoms with E-state index in [0.717, 1.165) is 61.6 Å². The number of aliphatic hydroxyl groups excluding tert-OH is 2. The summed E-state index contributed by atoms with van der Waals surface area (Å²) < 4.78 is 25.6. The van der Waals surface area contributed by atoms with Crippen LogP contribution >= 0.6 is 0 Å². The van der Waals surface area contributed by atoms with Crippen molar-refractivity contribution in [1.82, 2.24) is 10.2 Å². The topological polar surface area (TPSA) is 148 Å². The van der Waals surface area contributed by atoms with E-state index in [4.69, 9.17) is 28.9 Å². The number of likely N-dealkylation sites (N-methyl/N-ethyl adjacent to an activating group) is 1. The molecule has 0 saturated heterocycles. The van der Waals surface area contributed by atoms with Crippen molar-refractivity contribution in [1.29, 1.82) is 0 Å². The number of allylic oxidation sites excluding steroid dienone is 1. The average molecular weight is 874 g/mol. The van der Waals surface area contributed by atoms with Crippen molar-refractivity contribution < 1.29 is 43.6 Å². The molecule has 63 heavy (non-hydrogen) atoms. The molecule has 2 aromatic carbocycles. The summed E-state index contributed by atoms with van der Waals surface area (Å²) in [5, 5.41) is 27.6. The quantitative estimate of drug-likeness (QED) is 0.0432. The number of hydrogen-bond acceptors (Lipinski definition) is 10. The first-order valence-corrected chi connectivity index (χ1v) is 23.9. The van der Waals surface area contributed by atoms with Gasteiger partial charge >= 0.3 is 12.2 Å². The number of nitrogens with one attached hydrogen (secondary N) is 1. The zero-order valence-electron chi connectivity index (χ0n) is 38.3.